The predicted molar refractivity (Wildman–Crippen MR) is 64.3 cm³/mol. The van der Waals surface area contributed by atoms with Gasteiger partial charge in [0.25, 0.3) is 0 Å². The highest BCUT2D eigenvalue weighted by Gasteiger charge is 2.03. The first-order valence-corrected chi connectivity index (χ1v) is 5.52. The molecule has 0 spiro atoms. The molecule has 90 valence electrons. The van der Waals surface area contributed by atoms with Crippen LogP contribution in [-0.4, -0.2) is 29.1 Å². The van der Waals surface area contributed by atoms with Crippen molar-refractivity contribution in [2.24, 2.45) is 0 Å². The monoisotopic (exact) mass is 253 g/mol. The fraction of sp³-hybridized carbons (Fsp3) is 0.273. The Balaban J connectivity index is 2.02. The Morgan fingerprint density at radius 1 is 1.53 bits per heavy atom. The summed E-state index contributed by atoms with van der Waals surface area (Å²) >= 11 is 5.87. The number of amides is 1. The molecule has 2 aromatic heterocycles. The lowest BCUT2D eigenvalue weighted by molar-refractivity contribution is 0.171. The van der Waals surface area contributed by atoms with E-state index in [-0.39, 0.29) is 0 Å². The number of ether oxygens (including phenoxy) is 1. The number of methoxy groups -OCH3 is 1. The second-order valence-corrected chi connectivity index (χ2v) is 3.95. The van der Waals surface area contributed by atoms with Crippen LogP contribution < -0.4 is 5.32 Å². The molecule has 0 atom stereocenters. The second kappa shape index (κ2) is 5.05. The third kappa shape index (κ3) is 2.88. The number of nitrogens with zero attached hydrogens (tertiary/aromatic N) is 2. The molecule has 0 aliphatic rings. The van der Waals surface area contributed by atoms with E-state index >= 15 is 0 Å². The average Bonchev–Trinajstić information content (AvgIpc) is 2.70. The zero-order valence-electron chi connectivity index (χ0n) is 9.31. The third-order valence-electron chi connectivity index (χ3n) is 2.30. The van der Waals surface area contributed by atoms with Gasteiger partial charge in [0.05, 0.1) is 17.8 Å². The molecule has 0 aliphatic heterocycles. The van der Waals surface area contributed by atoms with Crippen molar-refractivity contribution in [3.63, 3.8) is 0 Å². The Bertz CT molecular complexity index is 538. The van der Waals surface area contributed by atoms with Crippen LogP contribution in [0.2, 0.25) is 5.02 Å². The minimum atomic E-state index is -0.434. The molecule has 5 nitrogen and oxygen atoms in total. The summed E-state index contributed by atoms with van der Waals surface area (Å²) in [6.07, 6.45) is 3.90. The van der Waals surface area contributed by atoms with Gasteiger partial charge in [0.1, 0.15) is 5.65 Å². The van der Waals surface area contributed by atoms with Crippen molar-refractivity contribution in [1.29, 1.82) is 0 Å². The van der Waals surface area contributed by atoms with Crippen LogP contribution in [0, 0.1) is 0 Å². The standard InChI is InChI=1S/C11H12ClN3O2/c1-17-11(16)13-5-4-9-7-15-6-8(12)2-3-10(15)14-9/h2-3,6-7H,4-5H2,1H3,(H,13,16). The minimum absolute atomic E-state index is 0.434. The number of carbonyl (C=O) groups is 1. The Labute approximate surface area is 103 Å². The molecular weight excluding hydrogens is 242 g/mol. The summed E-state index contributed by atoms with van der Waals surface area (Å²) in [6, 6.07) is 3.64. The smallest absolute Gasteiger partial charge is 0.406 e. The van der Waals surface area contributed by atoms with Crippen LogP contribution in [0.4, 0.5) is 4.79 Å². The number of hydrogen-bond acceptors (Lipinski definition) is 3. The molecule has 0 fully saturated rings. The molecule has 1 N–H and O–H groups in total. The summed E-state index contributed by atoms with van der Waals surface area (Å²) in [5, 5.41) is 3.26. The van der Waals surface area contributed by atoms with Gasteiger partial charge < -0.3 is 14.5 Å². The number of pyridine rings is 1. The van der Waals surface area contributed by atoms with E-state index < -0.39 is 6.09 Å². The van der Waals surface area contributed by atoms with Gasteiger partial charge in [-0.05, 0) is 12.1 Å². The highest BCUT2D eigenvalue weighted by molar-refractivity contribution is 6.30. The van der Waals surface area contributed by atoms with Crippen molar-refractivity contribution in [2.75, 3.05) is 13.7 Å². The van der Waals surface area contributed by atoms with E-state index in [2.05, 4.69) is 15.0 Å². The number of hydrogen-bond donors (Lipinski definition) is 1. The van der Waals surface area contributed by atoms with Crippen molar-refractivity contribution in [1.82, 2.24) is 14.7 Å². The summed E-state index contributed by atoms with van der Waals surface area (Å²) in [5.41, 5.74) is 1.73. The molecule has 2 heterocycles. The summed E-state index contributed by atoms with van der Waals surface area (Å²) in [7, 11) is 1.34. The lowest BCUT2D eigenvalue weighted by Gasteiger charge is -2.00. The fourth-order valence-corrected chi connectivity index (χ4v) is 1.67. The van der Waals surface area contributed by atoms with Crippen LogP contribution in [0.3, 0.4) is 0 Å². The SMILES string of the molecule is COC(=O)NCCc1cn2cc(Cl)ccc2n1. The van der Waals surface area contributed by atoms with Gasteiger partial charge in [0.2, 0.25) is 0 Å². The van der Waals surface area contributed by atoms with Crippen LogP contribution in [0.1, 0.15) is 5.69 Å². The van der Waals surface area contributed by atoms with Gasteiger partial charge in [-0.3, -0.25) is 0 Å². The number of rotatable bonds is 3. The Morgan fingerprint density at radius 3 is 3.12 bits per heavy atom. The number of aromatic nitrogens is 2. The van der Waals surface area contributed by atoms with Gasteiger partial charge >= 0.3 is 6.09 Å². The first-order valence-electron chi connectivity index (χ1n) is 5.14. The Morgan fingerprint density at radius 2 is 2.35 bits per heavy atom. The summed E-state index contributed by atoms with van der Waals surface area (Å²) in [4.78, 5) is 15.2. The average molecular weight is 254 g/mol. The van der Waals surface area contributed by atoms with Gasteiger partial charge in [-0.25, -0.2) is 9.78 Å². The Hall–Kier alpha value is -1.75. The molecule has 0 bridgehead atoms. The number of imidazole rings is 1. The largest absolute Gasteiger partial charge is 0.453 e. The first-order chi connectivity index (χ1) is 8.19. The van der Waals surface area contributed by atoms with Crippen molar-refractivity contribution in [3.05, 3.63) is 35.2 Å². The molecule has 0 radical (unpaired) electrons. The molecular formula is C11H12ClN3O2. The number of nitrogens with one attached hydrogen (secondary N) is 1. The lowest BCUT2D eigenvalue weighted by atomic mass is 10.3. The number of alkyl carbamates (subject to hydrolysis) is 1. The number of halogens is 1. The highest BCUT2D eigenvalue weighted by Crippen LogP contribution is 2.11. The lowest BCUT2D eigenvalue weighted by Crippen LogP contribution is -2.25. The van der Waals surface area contributed by atoms with Crippen molar-refractivity contribution in [2.45, 2.75) is 6.42 Å². The van der Waals surface area contributed by atoms with Gasteiger partial charge in [0.15, 0.2) is 0 Å². The molecule has 0 saturated heterocycles. The predicted octanol–water partition coefficient (Wildman–Crippen LogP) is 1.89. The van der Waals surface area contributed by atoms with Crippen molar-refractivity contribution in [3.8, 4) is 0 Å². The maximum Gasteiger partial charge on any atom is 0.406 e. The summed E-state index contributed by atoms with van der Waals surface area (Å²) < 4.78 is 6.33. The normalized spacial score (nSPS) is 10.5. The van der Waals surface area contributed by atoms with Crippen LogP contribution >= 0.6 is 11.6 Å². The maximum absolute atomic E-state index is 10.8. The van der Waals surface area contributed by atoms with E-state index in [1.165, 1.54) is 7.11 Å². The Kier molecular flexibility index (Phi) is 3.49. The van der Waals surface area contributed by atoms with Crippen LogP contribution in [-0.2, 0) is 11.2 Å². The quantitative estimate of drug-likeness (QED) is 0.909. The van der Waals surface area contributed by atoms with Crippen LogP contribution in [0.5, 0.6) is 0 Å². The van der Waals surface area contributed by atoms with E-state index in [0.29, 0.717) is 18.0 Å². The summed E-state index contributed by atoms with van der Waals surface area (Å²) in [5.74, 6) is 0. The molecule has 0 aliphatic carbocycles. The minimum Gasteiger partial charge on any atom is -0.453 e. The van der Waals surface area contributed by atoms with Crippen molar-refractivity contribution < 1.29 is 9.53 Å². The van der Waals surface area contributed by atoms with E-state index in [4.69, 9.17) is 11.6 Å². The van der Waals surface area contributed by atoms with Crippen LogP contribution in [0.25, 0.3) is 5.65 Å². The van der Waals surface area contributed by atoms with Gasteiger partial charge in [-0.15, -0.1) is 0 Å². The molecule has 0 aromatic carbocycles. The zero-order chi connectivity index (χ0) is 12.3. The van der Waals surface area contributed by atoms with E-state index in [9.17, 15) is 4.79 Å². The maximum atomic E-state index is 10.8. The highest BCUT2D eigenvalue weighted by atomic mass is 35.5. The molecule has 2 aromatic rings. The molecule has 6 heteroatoms. The van der Waals surface area contributed by atoms with Crippen LogP contribution in [0.15, 0.2) is 24.5 Å². The molecule has 2 rings (SSSR count). The molecule has 1 amide bonds. The molecule has 0 saturated carbocycles. The van der Waals surface area contributed by atoms with E-state index in [0.717, 1.165) is 11.3 Å². The van der Waals surface area contributed by atoms with Crippen molar-refractivity contribution >= 4 is 23.3 Å². The fourth-order valence-electron chi connectivity index (χ4n) is 1.50. The van der Waals surface area contributed by atoms with Gasteiger partial charge in [0, 0.05) is 25.4 Å². The first kappa shape index (κ1) is 11.7. The van der Waals surface area contributed by atoms with Gasteiger partial charge in [-0.2, -0.15) is 0 Å². The topological polar surface area (TPSA) is 55.6 Å². The second-order valence-electron chi connectivity index (χ2n) is 3.51. The third-order valence-corrected chi connectivity index (χ3v) is 2.52. The number of fused-ring (bicyclic) bond motifs is 1. The molecule has 0 unspecified atom stereocenters. The summed E-state index contributed by atoms with van der Waals surface area (Å²) in [6.45, 7) is 0.490. The van der Waals surface area contributed by atoms with Gasteiger partial charge in [-0.1, -0.05) is 11.6 Å². The zero-order valence-corrected chi connectivity index (χ0v) is 10.1. The number of carbonyl (C=O) groups excluding carboxylic acids is 1. The van der Waals surface area contributed by atoms with E-state index in [1.807, 2.05) is 16.7 Å². The molecule has 17 heavy (non-hydrogen) atoms. The van der Waals surface area contributed by atoms with E-state index in [1.54, 1.807) is 12.3 Å².